The molecule has 4 rings (SSSR count). The molecule has 1 aliphatic carbocycles. The maximum absolute atomic E-state index is 13.1. The van der Waals surface area contributed by atoms with Crippen molar-refractivity contribution in [1.82, 2.24) is 15.2 Å². The average Bonchev–Trinajstić information content (AvgIpc) is 3.36. The highest BCUT2D eigenvalue weighted by Gasteiger charge is 2.51. The molecule has 5 nitrogen and oxygen atoms in total. The van der Waals surface area contributed by atoms with Gasteiger partial charge in [0.05, 0.1) is 10.8 Å². The molecule has 1 saturated carbocycles. The van der Waals surface area contributed by atoms with Crippen molar-refractivity contribution in [1.29, 1.82) is 0 Å². The summed E-state index contributed by atoms with van der Waals surface area (Å²) >= 11 is 1.47. The molecule has 1 aliphatic heterocycles. The smallest absolute Gasteiger partial charge is 0.263 e. The Bertz CT molecular complexity index is 785. The van der Waals surface area contributed by atoms with Crippen molar-refractivity contribution in [3.8, 4) is 0 Å². The third kappa shape index (κ3) is 3.76. The molecule has 0 aromatic carbocycles. The first-order valence-corrected chi connectivity index (χ1v) is 10.6. The summed E-state index contributed by atoms with van der Waals surface area (Å²) in [6.45, 7) is 1.71. The van der Waals surface area contributed by atoms with Crippen LogP contribution < -0.4 is 5.32 Å². The number of amides is 2. The molecule has 2 aromatic heterocycles. The largest absolute Gasteiger partial charge is 0.352 e. The van der Waals surface area contributed by atoms with Crippen LogP contribution in [0.1, 0.15) is 47.3 Å². The molecule has 0 radical (unpaired) electrons. The van der Waals surface area contributed by atoms with Gasteiger partial charge in [-0.2, -0.15) is 0 Å². The van der Waals surface area contributed by atoms with Gasteiger partial charge in [0.2, 0.25) is 5.91 Å². The molecule has 2 aromatic rings. The van der Waals surface area contributed by atoms with Crippen LogP contribution in [0.15, 0.2) is 42.0 Å². The van der Waals surface area contributed by atoms with Crippen molar-refractivity contribution in [2.45, 2.75) is 38.6 Å². The number of thiophene rings is 1. The Kier molecular flexibility index (Phi) is 5.25. The van der Waals surface area contributed by atoms with Gasteiger partial charge in [0.25, 0.3) is 5.91 Å². The summed E-state index contributed by atoms with van der Waals surface area (Å²) in [5.41, 5.74) is 0.928. The second-order valence-electron chi connectivity index (χ2n) is 7.72. The van der Waals surface area contributed by atoms with E-state index in [0.717, 1.165) is 36.1 Å². The third-order valence-corrected chi connectivity index (χ3v) is 6.88. The molecule has 1 atom stereocenters. The van der Waals surface area contributed by atoms with Gasteiger partial charge >= 0.3 is 0 Å². The summed E-state index contributed by atoms with van der Waals surface area (Å²) in [6, 6.07) is 7.62. The van der Waals surface area contributed by atoms with Crippen LogP contribution in [0.25, 0.3) is 0 Å². The van der Waals surface area contributed by atoms with Crippen LogP contribution in [-0.2, 0) is 11.3 Å². The molecule has 2 aliphatic rings. The predicted octanol–water partition coefficient (Wildman–Crippen LogP) is 3.48. The summed E-state index contributed by atoms with van der Waals surface area (Å²) in [4.78, 5) is 32.7. The fourth-order valence-electron chi connectivity index (χ4n) is 4.62. The Balaban J connectivity index is 1.49. The quantitative estimate of drug-likeness (QED) is 0.879. The molecule has 1 unspecified atom stereocenters. The lowest BCUT2D eigenvalue weighted by molar-refractivity contribution is -0.128. The zero-order chi connectivity index (χ0) is 18.7. The van der Waals surface area contributed by atoms with Crippen LogP contribution >= 0.6 is 11.3 Å². The molecule has 1 spiro atoms. The lowest BCUT2D eigenvalue weighted by Gasteiger charge is -2.37. The minimum atomic E-state index is -0.126. The highest BCUT2D eigenvalue weighted by molar-refractivity contribution is 7.12. The number of aromatic nitrogens is 1. The first-order valence-electron chi connectivity index (χ1n) is 9.67. The summed E-state index contributed by atoms with van der Waals surface area (Å²) in [6.07, 6.45) is 9.09. The molecule has 2 amide bonds. The molecule has 0 bridgehead atoms. The van der Waals surface area contributed by atoms with E-state index in [1.54, 1.807) is 12.4 Å². The average molecular weight is 384 g/mol. The van der Waals surface area contributed by atoms with Gasteiger partial charge in [-0.25, -0.2) is 0 Å². The van der Waals surface area contributed by atoms with Crippen LogP contribution in [0.3, 0.4) is 0 Å². The SMILES string of the molecule is O=C(NCc1cccnc1)C1CN(C(=O)c2cccs2)CC12CCCCC2. The highest BCUT2D eigenvalue weighted by Crippen LogP contribution is 2.48. The van der Waals surface area contributed by atoms with Crippen molar-refractivity contribution in [2.24, 2.45) is 11.3 Å². The Morgan fingerprint density at radius 1 is 1.22 bits per heavy atom. The summed E-state index contributed by atoms with van der Waals surface area (Å²) in [5, 5.41) is 5.02. The Labute approximate surface area is 163 Å². The molecule has 6 heteroatoms. The second kappa shape index (κ2) is 7.80. The maximum atomic E-state index is 13.1. The van der Waals surface area contributed by atoms with Crippen molar-refractivity contribution in [3.63, 3.8) is 0 Å². The van der Waals surface area contributed by atoms with Gasteiger partial charge in [0.1, 0.15) is 0 Å². The molecule has 2 fully saturated rings. The minimum absolute atomic E-state index is 0.0653. The van der Waals surface area contributed by atoms with Crippen molar-refractivity contribution < 1.29 is 9.59 Å². The monoisotopic (exact) mass is 383 g/mol. The zero-order valence-corrected chi connectivity index (χ0v) is 16.2. The standard InChI is InChI=1S/C21H25N3O2S/c25-19(23-13-16-6-4-10-22-12-16)17-14-24(20(26)18-7-5-11-27-18)15-21(17)8-2-1-3-9-21/h4-7,10-12,17H,1-3,8-9,13-15H2,(H,23,25). The van der Waals surface area contributed by atoms with Crippen molar-refractivity contribution in [2.75, 3.05) is 13.1 Å². The van der Waals surface area contributed by atoms with Gasteiger partial charge in [-0.15, -0.1) is 11.3 Å². The molecular formula is C21H25N3O2S. The number of carbonyl (C=O) groups excluding carboxylic acids is 2. The fraction of sp³-hybridized carbons (Fsp3) is 0.476. The van der Waals surface area contributed by atoms with Crippen molar-refractivity contribution in [3.05, 3.63) is 52.5 Å². The number of likely N-dealkylation sites (tertiary alicyclic amines) is 1. The zero-order valence-electron chi connectivity index (χ0n) is 15.4. The molecule has 1 N–H and O–H groups in total. The first kappa shape index (κ1) is 18.2. The normalized spacial score (nSPS) is 21.3. The van der Waals surface area contributed by atoms with Gasteiger partial charge in [0.15, 0.2) is 0 Å². The van der Waals surface area contributed by atoms with Crippen LogP contribution in [-0.4, -0.2) is 34.8 Å². The van der Waals surface area contributed by atoms with Crippen LogP contribution in [0.5, 0.6) is 0 Å². The summed E-state index contributed by atoms with van der Waals surface area (Å²) in [5.74, 6) is 0.0122. The van der Waals surface area contributed by atoms with E-state index in [9.17, 15) is 9.59 Å². The van der Waals surface area contributed by atoms with Crippen molar-refractivity contribution >= 4 is 23.2 Å². The van der Waals surface area contributed by atoms with E-state index in [1.807, 2.05) is 34.5 Å². The molecule has 3 heterocycles. The molecular weight excluding hydrogens is 358 g/mol. The van der Waals surface area contributed by atoms with E-state index in [0.29, 0.717) is 19.6 Å². The lowest BCUT2D eigenvalue weighted by atomic mass is 9.67. The van der Waals surface area contributed by atoms with E-state index < -0.39 is 0 Å². The molecule has 27 heavy (non-hydrogen) atoms. The fourth-order valence-corrected chi connectivity index (χ4v) is 5.31. The van der Waals surface area contributed by atoms with Gasteiger partial charge in [0, 0.05) is 37.4 Å². The van der Waals surface area contributed by atoms with E-state index >= 15 is 0 Å². The van der Waals surface area contributed by atoms with E-state index in [-0.39, 0.29) is 23.1 Å². The summed E-state index contributed by atoms with van der Waals surface area (Å²) < 4.78 is 0. The van der Waals surface area contributed by atoms with Crippen LogP contribution in [0.2, 0.25) is 0 Å². The minimum Gasteiger partial charge on any atom is -0.352 e. The highest BCUT2D eigenvalue weighted by atomic mass is 32.1. The second-order valence-corrected chi connectivity index (χ2v) is 8.67. The summed E-state index contributed by atoms with van der Waals surface area (Å²) in [7, 11) is 0. The predicted molar refractivity (Wildman–Crippen MR) is 105 cm³/mol. The number of hydrogen-bond donors (Lipinski definition) is 1. The van der Waals surface area contributed by atoms with E-state index in [1.165, 1.54) is 17.8 Å². The number of rotatable bonds is 4. The number of nitrogens with zero attached hydrogens (tertiary/aromatic N) is 2. The Morgan fingerprint density at radius 3 is 2.78 bits per heavy atom. The number of nitrogens with one attached hydrogen (secondary N) is 1. The first-order chi connectivity index (χ1) is 13.2. The van der Waals surface area contributed by atoms with E-state index in [2.05, 4.69) is 10.3 Å². The van der Waals surface area contributed by atoms with Crippen LogP contribution in [0.4, 0.5) is 0 Å². The van der Waals surface area contributed by atoms with Gasteiger partial charge in [-0.05, 0) is 35.9 Å². The Morgan fingerprint density at radius 2 is 2.07 bits per heavy atom. The van der Waals surface area contributed by atoms with Gasteiger partial charge in [-0.1, -0.05) is 31.4 Å². The number of carbonyl (C=O) groups is 2. The molecule has 1 saturated heterocycles. The third-order valence-electron chi connectivity index (χ3n) is 6.02. The molecule has 142 valence electrons. The number of hydrogen-bond acceptors (Lipinski definition) is 4. The van der Waals surface area contributed by atoms with Gasteiger partial charge < -0.3 is 10.2 Å². The van der Waals surface area contributed by atoms with Crippen LogP contribution in [0, 0.1) is 11.3 Å². The van der Waals surface area contributed by atoms with Gasteiger partial charge in [-0.3, -0.25) is 14.6 Å². The Hall–Kier alpha value is -2.21. The lowest BCUT2D eigenvalue weighted by Crippen LogP contribution is -2.42. The number of pyridine rings is 1. The maximum Gasteiger partial charge on any atom is 0.263 e. The topological polar surface area (TPSA) is 62.3 Å². The van der Waals surface area contributed by atoms with E-state index in [4.69, 9.17) is 0 Å².